The van der Waals surface area contributed by atoms with Crippen molar-refractivity contribution >= 4 is 6.09 Å². The van der Waals surface area contributed by atoms with Crippen molar-refractivity contribution in [2.24, 2.45) is 0 Å². The van der Waals surface area contributed by atoms with Crippen LogP contribution in [-0.4, -0.2) is 22.8 Å². The molecule has 0 heterocycles. The standard InChI is InChI=1S/C19H27NO4/c1-14(23-13-16-9-7-6-8-10-16)11-12-17(15(2)21)20-18(22)24-19(3,4)5/h6-10,17,21H,1-2,11-13H2,3-5H3,(H,20,22)/t17-/m0/s1. The van der Waals surface area contributed by atoms with Crippen molar-refractivity contribution in [2.75, 3.05) is 0 Å². The second-order valence-electron chi connectivity index (χ2n) is 6.54. The zero-order valence-corrected chi connectivity index (χ0v) is 14.7. The first kappa shape index (κ1) is 19.6. The van der Waals surface area contributed by atoms with E-state index in [4.69, 9.17) is 9.47 Å². The van der Waals surface area contributed by atoms with Crippen LogP contribution in [0.3, 0.4) is 0 Å². The monoisotopic (exact) mass is 333 g/mol. The third-order valence-electron chi connectivity index (χ3n) is 3.09. The summed E-state index contributed by atoms with van der Waals surface area (Å²) in [5, 5.41) is 12.2. The van der Waals surface area contributed by atoms with Crippen LogP contribution in [0.5, 0.6) is 0 Å². The second kappa shape index (κ2) is 9.01. The van der Waals surface area contributed by atoms with Gasteiger partial charge in [0.25, 0.3) is 0 Å². The average Bonchev–Trinajstić information content (AvgIpc) is 2.48. The van der Waals surface area contributed by atoms with Gasteiger partial charge in [-0.1, -0.05) is 43.5 Å². The molecule has 5 heteroatoms. The first-order valence-corrected chi connectivity index (χ1v) is 7.89. The molecular weight excluding hydrogens is 306 g/mol. The summed E-state index contributed by atoms with van der Waals surface area (Å²) in [7, 11) is 0. The van der Waals surface area contributed by atoms with Gasteiger partial charge in [-0.05, 0) is 32.8 Å². The van der Waals surface area contributed by atoms with Gasteiger partial charge in [0.1, 0.15) is 18.0 Å². The van der Waals surface area contributed by atoms with Crippen LogP contribution in [0.2, 0.25) is 0 Å². The van der Waals surface area contributed by atoms with Gasteiger partial charge in [0.2, 0.25) is 0 Å². The molecule has 0 aliphatic carbocycles. The van der Waals surface area contributed by atoms with E-state index >= 15 is 0 Å². The fourth-order valence-electron chi connectivity index (χ4n) is 1.91. The Morgan fingerprint density at radius 3 is 2.42 bits per heavy atom. The highest BCUT2D eigenvalue weighted by Gasteiger charge is 2.21. The molecule has 0 unspecified atom stereocenters. The van der Waals surface area contributed by atoms with Crippen LogP contribution in [0, 0.1) is 0 Å². The zero-order valence-electron chi connectivity index (χ0n) is 14.7. The lowest BCUT2D eigenvalue weighted by Gasteiger charge is -2.23. The van der Waals surface area contributed by atoms with Crippen LogP contribution in [0.15, 0.2) is 55.0 Å². The van der Waals surface area contributed by atoms with Crippen molar-refractivity contribution in [2.45, 2.75) is 51.9 Å². The molecule has 1 rings (SSSR count). The van der Waals surface area contributed by atoms with E-state index in [2.05, 4.69) is 18.5 Å². The van der Waals surface area contributed by atoms with Crippen LogP contribution in [0.4, 0.5) is 4.79 Å². The molecule has 5 nitrogen and oxygen atoms in total. The van der Waals surface area contributed by atoms with Gasteiger partial charge < -0.3 is 19.9 Å². The van der Waals surface area contributed by atoms with Gasteiger partial charge in [0, 0.05) is 6.42 Å². The molecule has 1 aromatic carbocycles. The summed E-state index contributed by atoms with van der Waals surface area (Å²) in [5.41, 5.74) is 0.446. The van der Waals surface area contributed by atoms with Gasteiger partial charge in [0.15, 0.2) is 0 Å². The number of ether oxygens (including phenoxy) is 2. The highest BCUT2D eigenvalue weighted by Crippen LogP contribution is 2.14. The molecule has 132 valence electrons. The van der Waals surface area contributed by atoms with Crippen LogP contribution in [0.25, 0.3) is 0 Å². The molecule has 0 radical (unpaired) electrons. The molecule has 0 aliphatic heterocycles. The lowest BCUT2D eigenvalue weighted by Crippen LogP contribution is -2.40. The topological polar surface area (TPSA) is 67.8 Å². The number of aliphatic hydroxyl groups is 1. The van der Waals surface area contributed by atoms with Gasteiger partial charge in [-0.3, -0.25) is 0 Å². The van der Waals surface area contributed by atoms with E-state index < -0.39 is 17.7 Å². The van der Waals surface area contributed by atoms with Gasteiger partial charge in [-0.15, -0.1) is 0 Å². The number of aliphatic hydroxyl groups excluding tert-OH is 1. The summed E-state index contributed by atoms with van der Waals surface area (Å²) in [6.07, 6.45) is 0.299. The SMILES string of the molecule is C=C(CC[C@H](NC(=O)OC(C)(C)C)C(=C)O)OCc1ccccc1. The number of allylic oxidation sites excluding steroid dienone is 1. The van der Waals surface area contributed by atoms with E-state index in [1.54, 1.807) is 20.8 Å². The largest absolute Gasteiger partial charge is 0.511 e. The number of nitrogens with one attached hydrogen (secondary N) is 1. The first-order chi connectivity index (χ1) is 11.2. The Morgan fingerprint density at radius 1 is 1.25 bits per heavy atom. The highest BCUT2D eigenvalue weighted by molar-refractivity contribution is 5.68. The Bertz CT molecular complexity index is 560. The Hall–Kier alpha value is -2.43. The van der Waals surface area contributed by atoms with Crippen LogP contribution in [0.1, 0.15) is 39.2 Å². The van der Waals surface area contributed by atoms with Crippen molar-refractivity contribution in [1.29, 1.82) is 0 Å². The molecule has 0 fully saturated rings. The number of rotatable bonds is 8. The maximum atomic E-state index is 11.8. The molecule has 0 spiro atoms. The van der Waals surface area contributed by atoms with Crippen LogP contribution < -0.4 is 5.32 Å². The normalized spacial score (nSPS) is 12.1. The lowest BCUT2D eigenvalue weighted by atomic mass is 10.1. The number of alkyl carbamates (subject to hydrolysis) is 1. The minimum Gasteiger partial charge on any atom is -0.511 e. The van der Waals surface area contributed by atoms with Crippen molar-refractivity contribution in [3.63, 3.8) is 0 Å². The quantitative estimate of drug-likeness (QED) is 0.689. The molecule has 0 aromatic heterocycles. The molecule has 2 N–H and O–H groups in total. The number of carbonyl (C=O) groups is 1. The summed E-state index contributed by atoms with van der Waals surface area (Å²) in [6.45, 7) is 13.1. The van der Waals surface area contributed by atoms with E-state index in [1.165, 1.54) is 0 Å². The number of hydrogen-bond acceptors (Lipinski definition) is 4. The van der Waals surface area contributed by atoms with Gasteiger partial charge in [-0.25, -0.2) is 4.79 Å². The molecule has 24 heavy (non-hydrogen) atoms. The molecule has 1 amide bonds. The van der Waals surface area contributed by atoms with Crippen molar-refractivity contribution in [3.8, 4) is 0 Å². The predicted octanol–water partition coefficient (Wildman–Crippen LogP) is 4.46. The van der Waals surface area contributed by atoms with E-state index in [-0.39, 0.29) is 5.76 Å². The number of hydrogen-bond donors (Lipinski definition) is 2. The zero-order chi connectivity index (χ0) is 18.2. The highest BCUT2D eigenvalue weighted by atomic mass is 16.6. The van der Waals surface area contributed by atoms with E-state index in [0.717, 1.165) is 5.56 Å². The Morgan fingerprint density at radius 2 is 1.88 bits per heavy atom. The molecule has 0 bridgehead atoms. The van der Waals surface area contributed by atoms with Crippen LogP contribution >= 0.6 is 0 Å². The minimum absolute atomic E-state index is 0.128. The summed E-state index contributed by atoms with van der Waals surface area (Å²) in [4.78, 5) is 11.8. The fourth-order valence-corrected chi connectivity index (χ4v) is 1.91. The lowest BCUT2D eigenvalue weighted by molar-refractivity contribution is 0.0497. The summed E-state index contributed by atoms with van der Waals surface area (Å²) in [6, 6.07) is 9.15. The summed E-state index contributed by atoms with van der Waals surface area (Å²) < 4.78 is 10.8. The van der Waals surface area contributed by atoms with Crippen molar-refractivity contribution in [1.82, 2.24) is 5.32 Å². The molecule has 0 saturated carbocycles. The number of benzene rings is 1. The van der Waals surface area contributed by atoms with Crippen molar-refractivity contribution < 1.29 is 19.4 Å². The van der Waals surface area contributed by atoms with E-state index in [1.807, 2.05) is 30.3 Å². The molecular formula is C19H27NO4. The minimum atomic E-state index is -0.614. The third kappa shape index (κ3) is 8.27. The number of carbonyl (C=O) groups excluding carboxylic acids is 1. The average molecular weight is 333 g/mol. The first-order valence-electron chi connectivity index (χ1n) is 7.89. The van der Waals surface area contributed by atoms with E-state index in [9.17, 15) is 9.90 Å². The smallest absolute Gasteiger partial charge is 0.408 e. The maximum Gasteiger partial charge on any atom is 0.408 e. The predicted molar refractivity (Wildman–Crippen MR) is 94.5 cm³/mol. The maximum absolute atomic E-state index is 11.8. The van der Waals surface area contributed by atoms with Gasteiger partial charge in [0.05, 0.1) is 11.8 Å². The molecule has 1 atom stereocenters. The number of amides is 1. The summed E-state index contributed by atoms with van der Waals surface area (Å²) in [5.74, 6) is 0.452. The fraction of sp³-hybridized carbons (Fsp3) is 0.421. The third-order valence-corrected chi connectivity index (χ3v) is 3.09. The molecule has 0 saturated heterocycles. The Labute approximate surface area is 144 Å². The van der Waals surface area contributed by atoms with Crippen molar-refractivity contribution in [3.05, 3.63) is 60.6 Å². The van der Waals surface area contributed by atoms with Crippen LogP contribution in [-0.2, 0) is 16.1 Å². The Balaban J connectivity index is 2.41. The summed E-state index contributed by atoms with van der Waals surface area (Å²) >= 11 is 0. The Kier molecular flexibility index (Phi) is 7.36. The molecule has 0 aliphatic rings. The molecule has 1 aromatic rings. The van der Waals surface area contributed by atoms with E-state index in [0.29, 0.717) is 25.2 Å². The van der Waals surface area contributed by atoms with Gasteiger partial charge in [-0.2, -0.15) is 0 Å². The van der Waals surface area contributed by atoms with Gasteiger partial charge >= 0.3 is 6.09 Å². The second-order valence-corrected chi connectivity index (χ2v) is 6.54.